The highest BCUT2D eigenvalue weighted by Crippen LogP contribution is 2.29. The molecule has 2 rings (SSSR count). The van der Waals surface area contributed by atoms with Gasteiger partial charge in [-0.2, -0.15) is 18.3 Å². The number of anilines is 1. The summed E-state index contributed by atoms with van der Waals surface area (Å²) in [6.45, 7) is 1.95. The van der Waals surface area contributed by atoms with Crippen molar-refractivity contribution in [3.05, 3.63) is 47.2 Å². The summed E-state index contributed by atoms with van der Waals surface area (Å²) in [6, 6.07) is 6.23. The van der Waals surface area contributed by atoms with E-state index >= 15 is 0 Å². The van der Waals surface area contributed by atoms with Gasteiger partial charge in [-0.3, -0.25) is 9.89 Å². The van der Waals surface area contributed by atoms with Crippen LogP contribution in [0, 0.1) is 0 Å². The predicted molar refractivity (Wildman–Crippen MR) is 71.7 cm³/mol. The maximum absolute atomic E-state index is 12.4. The fourth-order valence-electron chi connectivity index (χ4n) is 1.79. The second-order valence-electron chi connectivity index (χ2n) is 4.55. The normalized spacial score (nSPS) is 11.4. The molecule has 4 nitrogen and oxygen atoms in total. The Kier molecular flexibility index (Phi) is 4.30. The topological polar surface area (TPSA) is 57.8 Å². The Balaban J connectivity index is 1.96. The van der Waals surface area contributed by atoms with Gasteiger partial charge in [-0.05, 0) is 24.1 Å². The third kappa shape index (κ3) is 4.08. The fourth-order valence-corrected chi connectivity index (χ4v) is 1.79. The lowest BCUT2D eigenvalue weighted by molar-refractivity contribution is -0.137. The van der Waals surface area contributed by atoms with Gasteiger partial charge in [0, 0.05) is 11.8 Å². The Morgan fingerprint density at radius 3 is 2.48 bits per heavy atom. The molecule has 1 amide bonds. The minimum Gasteiger partial charge on any atom is -0.309 e. The van der Waals surface area contributed by atoms with Crippen LogP contribution in [-0.4, -0.2) is 16.1 Å². The molecule has 0 aliphatic carbocycles. The van der Waals surface area contributed by atoms with Crippen LogP contribution in [0.25, 0.3) is 0 Å². The number of carbonyl (C=O) groups is 1. The first-order valence-corrected chi connectivity index (χ1v) is 6.38. The maximum Gasteiger partial charge on any atom is 0.416 e. The Bertz CT molecular complexity index is 617. The molecule has 0 spiro atoms. The number of carbonyl (C=O) groups excluding carboxylic acids is 1. The largest absolute Gasteiger partial charge is 0.416 e. The molecule has 1 aromatic carbocycles. The van der Waals surface area contributed by atoms with Crippen LogP contribution in [0.1, 0.15) is 23.7 Å². The van der Waals surface area contributed by atoms with Crippen LogP contribution < -0.4 is 5.32 Å². The number of hydrogen-bond acceptors (Lipinski definition) is 2. The number of aromatic amines is 1. The van der Waals surface area contributed by atoms with Crippen LogP contribution >= 0.6 is 0 Å². The van der Waals surface area contributed by atoms with Crippen molar-refractivity contribution in [3.63, 3.8) is 0 Å². The first kappa shape index (κ1) is 15.1. The Morgan fingerprint density at radius 2 is 1.95 bits per heavy atom. The molecule has 0 bridgehead atoms. The van der Waals surface area contributed by atoms with Crippen LogP contribution in [0.3, 0.4) is 0 Å². The minimum absolute atomic E-state index is 0.00748. The highest BCUT2D eigenvalue weighted by Gasteiger charge is 2.29. The number of hydrogen-bond donors (Lipinski definition) is 2. The number of alkyl halides is 3. The van der Waals surface area contributed by atoms with E-state index in [1.807, 2.05) is 6.92 Å². The van der Waals surface area contributed by atoms with Crippen molar-refractivity contribution in [2.24, 2.45) is 0 Å². The van der Waals surface area contributed by atoms with Crippen LogP contribution in [0.4, 0.5) is 19.0 Å². The van der Waals surface area contributed by atoms with E-state index in [2.05, 4.69) is 15.5 Å². The van der Waals surface area contributed by atoms with Crippen molar-refractivity contribution >= 4 is 11.7 Å². The molecule has 0 aliphatic heterocycles. The minimum atomic E-state index is -4.37. The van der Waals surface area contributed by atoms with Gasteiger partial charge in [0.1, 0.15) is 0 Å². The van der Waals surface area contributed by atoms with Crippen LogP contribution in [-0.2, 0) is 23.8 Å². The highest BCUT2D eigenvalue weighted by atomic mass is 19.4. The molecule has 1 heterocycles. The molecule has 21 heavy (non-hydrogen) atoms. The standard InChI is InChI=1S/C14H14F3N3O/c1-2-11-8-12(20-19-11)18-13(21)7-9-3-5-10(6-4-9)14(15,16)17/h3-6,8H,2,7H2,1H3,(H2,18,19,20,21). The van der Waals surface area contributed by atoms with Crippen molar-refractivity contribution < 1.29 is 18.0 Å². The quantitative estimate of drug-likeness (QED) is 0.910. The molecular formula is C14H14F3N3O. The third-order valence-electron chi connectivity index (χ3n) is 2.93. The van der Waals surface area contributed by atoms with Crippen LogP contribution in [0.5, 0.6) is 0 Å². The number of aryl methyl sites for hydroxylation is 1. The van der Waals surface area contributed by atoms with E-state index < -0.39 is 11.7 Å². The maximum atomic E-state index is 12.4. The molecule has 0 unspecified atom stereocenters. The number of amides is 1. The first-order chi connectivity index (χ1) is 9.88. The fraction of sp³-hybridized carbons (Fsp3) is 0.286. The van der Waals surface area contributed by atoms with E-state index in [4.69, 9.17) is 0 Å². The molecule has 112 valence electrons. The summed E-state index contributed by atoms with van der Waals surface area (Å²) in [4.78, 5) is 11.8. The number of aromatic nitrogens is 2. The van der Waals surface area contributed by atoms with Crippen LogP contribution in [0.2, 0.25) is 0 Å². The Morgan fingerprint density at radius 1 is 1.29 bits per heavy atom. The van der Waals surface area contributed by atoms with Crippen molar-refractivity contribution in [2.45, 2.75) is 25.9 Å². The average Bonchev–Trinajstić information content (AvgIpc) is 2.85. The average molecular weight is 297 g/mol. The van der Waals surface area contributed by atoms with E-state index in [1.54, 1.807) is 6.07 Å². The summed E-state index contributed by atoms with van der Waals surface area (Å²) < 4.78 is 37.2. The number of rotatable bonds is 4. The zero-order chi connectivity index (χ0) is 15.5. The van der Waals surface area contributed by atoms with Crippen LogP contribution in [0.15, 0.2) is 30.3 Å². The number of nitrogens with one attached hydrogen (secondary N) is 2. The Labute approximate surface area is 119 Å². The summed E-state index contributed by atoms with van der Waals surface area (Å²) in [5.74, 6) is 0.0765. The summed E-state index contributed by atoms with van der Waals surface area (Å²) in [6.07, 6.45) is -3.61. The van der Waals surface area contributed by atoms with Gasteiger partial charge in [0.2, 0.25) is 5.91 Å². The molecule has 2 aromatic rings. The zero-order valence-corrected chi connectivity index (χ0v) is 11.3. The van der Waals surface area contributed by atoms with Gasteiger partial charge < -0.3 is 5.32 Å². The number of benzene rings is 1. The SMILES string of the molecule is CCc1cc(NC(=O)Cc2ccc(C(F)(F)F)cc2)n[nH]1. The lowest BCUT2D eigenvalue weighted by Gasteiger charge is -2.07. The number of nitrogens with zero attached hydrogens (tertiary/aromatic N) is 1. The molecule has 0 saturated heterocycles. The zero-order valence-electron chi connectivity index (χ0n) is 11.3. The van der Waals surface area contributed by atoms with Gasteiger partial charge >= 0.3 is 6.18 Å². The smallest absolute Gasteiger partial charge is 0.309 e. The molecule has 7 heteroatoms. The summed E-state index contributed by atoms with van der Waals surface area (Å²) >= 11 is 0. The van der Waals surface area contributed by atoms with Crippen molar-refractivity contribution in [2.75, 3.05) is 5.32 Å². The molecule has 0 saturated carbocycles. The predicted octanol–water partition coefficient (Wildman–Crippen LogP) is 3.17. The monoisotopic (exact) mass is 297 g/mol. The van der Waals surface area contributed by atoms with E-state index in [9.17, 15) is 18.0 Å². The van der Waals surface area contributed by atoms with E-state index in [-0.39, 0.29) is 12.3 Å². The molecule has 0 fully saturated rings. The summed E-state index contributed by atoms with van der Waals surface area (Å²) in [5.41, 5.74) is 0.665. The second kappa shape index (κ2) is 5.99. The Hall–Kier alpha value is -2.31. The van der Waals surface area contributed by atoms with Gasteiger partial charge in [-0.1, -0.05) is 19.1 Å². The van der Waals surface area contributed by atoms with E-state index in [0.717, 1.165) is 24.2 Å². The molecular weight excluding hydrogens is 283 g/mol. The van der Waals surface area contributed by atoms with Gasteiger partial charge in [0.25, 0.3) is 0 Å². The summed E-state index contributed by atoms with van der Waals surface area (Å²) in [7, 11) is 0. The van der Waals surface area contributed by atoms with E-state index in [0.29, 0.717) is 11.4 Å². The lowest BCUT2D eigenvalue weighted by Crippen LogP contribution is -2.15. The van der Waals surface area contributed by atoms with Crippen molar-refractivity contribution in [1.29, 1.82) is 0 Å². The molecule has 0 atom stereocenters. The van der Waals surface area contributed by atoms with Gasteiger partial charge in [0.05, 0.1) is 12.0 Å². The lowest BCUT2D eigenvalue weighted by atomic mass is 10.1. The highest BCUT2D eigenvalue weighted by molar-refractivity contribution is 5.91. The van der Waals surface area contributed by atoms with Crippen molar-refractivity contribution in [3.8, 4) is 0 Å². The second-order valence-corrected chi connectivity index (χ2v) is 4.55. The molecule has 1 aromatic heterocycles. The van der Waals surface area contributed by atoms with Gasteiger partial charge in [0.15, 0.2) is 5.82 Å². The third-order valence-corrected chi connectivity index (χ3v) is 2.93. The van der Waals surface area contributed by atoms with Gasteiger partial charge in [-0.25, -0.2) is 0 Å². The van der Waals surface area contributed by atoms with Gasteiger partial charge in [-0.15, -0.1) is 0 Å². The summed E-state index contributed by atoms with van der Waals surface area (Å²) in [5, 5.41) is 9.25. The first-order valence-electron chi connectivity index (χ1n) is 6.38. The molecule has 2 N–H and O–H groups in total. The molecule has 0 radical (unpaired) electrons. The number of halogens is 3. The number of H-pyrrole nitrogens is 1. The van der Waals surface area contributed by atoms with Crippen molar-refractivity contribution in [1.82, 2.24) is 10.2 Å². The molecule has 0 aliphatic rings. The van der Waals surface area contributed by atoms with E-state index in [1.165, 1.54) is 12.1 Å².